The molecule has 3 nitrogen and oxygen atoms in total. The Labute approximate surface area is 126 Å². The van der Waals surface area contributed by atoms with Crippen LogP contribution in [0.15, 0.2) is 54.6 Å². The molecule has 20 heavy (non-hydrogen) atoms. The number of hydrogen-bond donors (Lipinski definition) is 1. The van der Waals surface area contributed by atoms with Crippen molar-refractivity contribution in [2.75, 3.05) is 0 Å². The number of benzene rings is 2. The molecule has 2 rings (SSSR count). The van der Waals surface area contributed by atoms with Gasteiger partial charge in [0.2, 0.25) is 5.91 Å². The van der Waals surface area contributed by atoms with Gasteiger partial charge in [-0.15, -0.1) is 0 Å². The van der Waals surface area contributed by atoms with Gasteiger partial charge in [-0.1, -0.05) is 58.4 Å². The van der Waals surface area contributed by atoms with E-state index in [-0.39, 0.29) is 10.7 Å². The average Bonchev–Trinajstić information content (AvgIpc) is 2.53. The van der Waals surface area contributed by atoms with Gasteiger partial charge in [0, 0.05) is 6.54 Å². The minimum atomic E-state index is -0.359. The van der Waals surface area contributed by atoms with Crippen LogP contribution in [0.3, 0.4) is 0 Å². The molecule has 1 N–H and O–H groups in total. The second-order valence-corrected chi connectivity index (χ2v) is 5.22. The lowest BCUT2D eigenvalue weighted by Gasteiger charge is -2.11. The van der Waals surface area contributed by atoms with Crippen molar-refractivity contribution in [2.45, 2.75) is 11.4 Å². The predicted octanol–water partition coefficient (Wildman–Crippen LogP) is 3.31. The van der Waals surface area contributed by atoms with E-state index in [4.69, 9.17) is 5.26 Å². The quantitative estimate of drug-likeness (QED) is 0.875. The lowest BCUT2D eigenvalue weighted by molar-refractivity contribution is -0.120. The fourth-order valence-electron chi connectivity index (χ4n) is 1.75. The van der Waals surface area contributed by atoms with Crippen LogP contribution >= 0.6 is 15.9 Å². The van der Waals surface area contributed by atoms with E-state index in [1.165, 1.54) is 0 Å². The predicted molar refractivity (Wildman–Crippen MR) is 81.1 cm³/mol. The van der Waals surface area contributed by atoms with Gasteiger partial charge in [0.15, 0.2) is 0 Å². The van der Waals surface area contributed by atoms with E-state index in [1.807, 2.05) is 42.5 Å². The second kappa shape index (κ2) is 6.88. The summed E-state index contributed by atoms with van der Waals surface area (Å²) in [5, 5.41) is 11.6. The van der Waals surface area contributed by atoms with Crippen molar-refractivity contribution in [1.82, 2.24) is 5.32 Å². The fraction of sp³-hybridized carbons (Fsp3) is 0.125. The fourth-order valence-corrected chi connectivity index (χ4v) is 2.22. The molecule has 0 saturated heterocycles. The molecule has 1 atom stereocenters. The highest BCUT2D eigenvalue weighted by atomic mass is 79.9. The third-order valence-electron chi connectivity index (χ3n) is 2.87. The number of nitriles is 1. The molecule has 0 heterocycles. The van der Waals surface area contributed by atoms with Crippen molar-refractivity contribution in [3.63, 3.8) is 0 Å². The first-order valence-electron chi connectivity index (χ1n) is 6.16. The highest BCUT2D eigenvalue weighted by Gasteiger charge is 2.15. The first kappa shape index (κ1) is 14.3. The Kier molecular flexibility index (Phi) is 4.91. The minimum Gasteiger partial charge on any atom is -0.351 e. The molecule has 100 valence electrons. The Balaban J connectivity index is 1.93. The second-order valence-electron chi connectivity index (χ2n) is 4.30. The molecule has 4 heteroatoms. The summed E-state index contributed by atoms with van der Waals surface area (Å²) < 4.78 is 0. The van der Waals surface area contributed by atoms with E-state index in [0.29, 0.717) is 12.1 Å². The summed E-state index contributed by atoms with van der Waals surface area (Å²) >= 11 is 3.39. The minimum absolute atomic E-state index is 0.0828. The van der Waals surface area contributed by atoms with Crippen LogP contribution < -0.4 is 5.32 Å². The monoisotopic (exact) mass is 328 g/mol. The lowest BCUT2D eigenvalue weighted by atomic mass is 10.1. The molecule has 0 aliphatic rings. The first-order valence-corrected chi connectivity index (χ1v) is 7.08. The van der Waals surface area contributed by atoms with Crippen LogP contribution in [-0.4, -0.2) is 5.91 Å². The SMILES string of the molecule is N#Cc1ccc(CNC(=O)C(Br)c2ccccc2)cc1. The summed E-state index contributed by atoms with van der Waals surface area (Å²) in [4.78, 5) is 11.7. The van der Waals surface area contributed by atoms with Crippen molar-refractivity contribution in [1.29, 1.82) is 5.26 Å². The van der Waals surface area contributed by atoms with Crippen LogP contribution in [0.1, 0.15) is 21.5 Å². The Bertz CT molecular complexity index is 617. The van der Waals surface area contributed by atoms with Crippen LogP contribution in [0.2, 0.25) is 0 Å². The topological polar surface area (TPSA) is 52.9 Å². The molecule has 0 saturated carbocycles. The normalized spacial score (nSPS) is 11.4. The van der Waals surface area contributed by atoms with Gasteiger partial charge in [0.25, 0.3) is 0 Å². The maximum Gasteiger partial charge on any atom is 0.238 e. The van der Waals surface area contributed by atoms with Crippen LogP contribution in [0, 0.1) is 11.3 Å². The molecule has 0 aliphatic carbocycles. The van der Waals surface area contributed by atoms with Gasteiger partial charge in [-0.05, 0) is 23.3 Å². The van der Waals surface area contributed by atoms with Gasteiger partial charge < -0.3 is 5.32 Å². The summed E-state index contributed by atoms with van der Waals surface area (Å²) in [5.74, 6) is -0.0828. The number of nitrogens with zero attached hydrogens (tertiary/aromatic N) is 1. The summed E-state index contributed by atoms with van der Waals surface area (Å²) in [5.41, 5.74) is 2.50. The van der Waals surface area contributed by atoms with E-state index in [0.717, 1.165) is 11.1 Å². The van der Waals surface area contributed by atoms with Gasteiger partial charge in [-0.25, -0.2) is 0 Å². The summed E-state index contributed by atoms with van der Waals surface area (Å²) in [6.07, 6.45) is 0. The molecule has 0 aromatic heterocycles. The largest absolute Gasteiger partial charge is 0.351 e. The number of nitrogens with one attached hydrogen (secondary N) is 1. The Morgan fingerprint density at radius 2 is 1.80 bits per heavy atom. The zero-order chi connectivity index (χ0) is 14.4. The summed E-state index contributed by atoms with van der Waals surface area (Å²) in [6.45, 7) is 0.444. The van der Waals surface area contributed by atoms with Crippen molar-refractivity contribution in [3.8, 4) is 6.07 Å². The maximum atomic E-state index is 12.0. The molecule has 2 aromatic rings. The average molecular weight is 329 g/mol. The number of rotatable bonds is 4. The molecular formula is C16H13BrN2O. The Morgan fingerprint density at radius 1 is 1.15 bits per heavy atom. The Morgan fingerprint density at radius 3 is 2.40 bits per heavy atom. The van der Waals surface area contributed by atoms with Crippen molar-refractivity contribution < 1.29 is 4.79 Å². The standard InChI is InChI=1S/C16H13BrN2O/c17-15(14-4-2-1-3-5-14)16(20)19-11-13-8-6-12(10-18)7-9-13/h1-9,15H,11H2,(H,19,20). The van der Waals surface area contributed by atoms with E-state index < -0.39 is 0 Å². The van der Waals surface area contributed by atoms with Crippen LogP contribution in [0.4, 0.5) is 0 Å². The zero-order valence-electron chi connectivity index (χ0n) is 10.7. The Hall–Kier alpha value is -2.12. The number of halogens is 1. The van der Waals surface area contributed by atoms with Crippen molar-refractivity contribution >= 4 is 21.8 Å². The molecule has 0 aliphatic heterocycles. The summed E-state index contributed by atoms with van der Waals surface area (Å²) in [7, 11) is 0. The molecule has 0 radical (unpaired) electrons. The highest BCUT2D eigenvalue weighted by molar-refractivity contribution is 9.09. The molecule has 1 amide bonds. The number of amides is 1. The van der Waals surface area contributed by atoms with Gasteiger partial charge in [0.05, 0.1) is 11.6 Å². The third kappa shape index (κ3) is 3.69. The van der Waals surface area contributed by atoms with Crippen LogP contribution in [0.25, 0.3) is 0 Å². The van der Waals surface area contributed by atoms with Crippen molar-refractivity contribution in [2.24, 2.45) is 0 Å². The lowest BCUT2D eigenvalue weighted by Crippen LogP contribution is -2.26. The maximum absolute atomic E-state index is 12.0. The molecular weight excluding hydrogens is 316 g/mol. The smallest absolute Gasteiger partial charge is 0.238 e. The van der Waals surface area contributed by atoms with Crippen LogP contribution in [0.5, 0.6) is 0 Å². The van der Waals surface area contributed by atoms with E-state index >= 15 is 0 Å². The van der Waals surface area contributed by atoms with Gasteiger partial charge >= 0.3 is 0 Å². The van der Waals surface area contributed by atoms with Gasteiger partial charge in [-0.3, -0.25) is 4.79 Å². The van der Waals surface area contributed by atoms with E-state index in [2.05, 4.69) is 27.3 Å². The van der Waals surface area contributed by atoms with Gasteiger partial charge in [-0.2, -0.15) is 5.26 Å². The molecule has 2 aromatic carbocycles. The first-order chi connectivity index (χ1) is 9.70. The summed E-state index contributed by atoms with van der Waals surface area (Å²) in [6, 6.07) is 18.7. The molecule has 1 unspecified atom stereocenters. The number of hydrogen-bond acceptors (Lipinski definition) is 2. The molecule has 0 bridgehead atoms. The molecule has 0 fully saturated rings. The number of alkyl halides is 1. The third-order valence-corrected chi connectivity index (χ3v) is 3.82. The number of carbonyl (C=O) groups is 1. The number of carbonyl (C=O) groups excluding carboxylic acids is 1. The highest BCUT2D eigenvalue weighted by Crippen LogP contribution is 2.22. The van der Waals surface area contributed by atoms with Gasteiger partial charge in [0.1, 0.15) is 4.83 Å². The van der Waals surface area contributed by atoms with Crippen molar-refractivity contribution in [3.05, 3.63) is 71.3 Å². The van der Waals surface area contributed by atoms with E-state index in [9.17, 15) is 4.79 Å². The molecule has 0 spiro atoms. The van der Waals surface area contributed by atoms with Crippen LogP contribution in [-0.2, 0) is 11.3 Å². The zero-order valence-corrected chi connectivity index (χ0v) is 12.3. The van der Waals surface area contributed by atoms with E-state index in [1.54, 1.807) is 12.1 Å².